The number of hydrogen-bond donors (Lipinski definition) is 0. The number of halogens is 3. The summed E-state index contributed by atoms with van der Waals surface area (Å²) in [6.45, 7) is 1.93. The van der Waals surface area contributed by atoms with Crippen molar-refractivity contribution in [2.24, 2.45) is 0 Å². The van der Waals surface area contributed by atoms with Crippen molar-refractivity contribution in [1.29, 1.82) is 0 Å². The fraction of sp³-hybridized carbons (Fsp3) is 0.400. The number of aromatic nitrogens is 1. The summed E-state index contributed by atoms with van der Waals surface area (Å²) in [5, 5.41) is 0. The Hall–Kier alpha value is -1.04. The van der Waals surface area contributed by atoms with Crippen LogP contribution in [0.4, 0.5) is 8.78 Å². The van der Waals surface area contributed by atoms with Crippen LogP contribution in [0.25, 0.3) is 0 Å². The SMILES string of the molecule is CCOC(=O)Cc1nc(C(F)F)ccc1Br. The summed E-state index contributed by atoms with van der Waals surface area (Å²) in [5.41, 5.74) is -0.0845. The minimum absolute atomic E-state index is 0.116. The standard InChI is InChI=1S/C10H10BrF2NO2/c1-2-16-9(15)5-8-6(11)3-4-7(14-8)10(12)13/h3-4,10H,2,5H2,1H3. The Balaban J connectivity index is 2.86. The van der Waals surface area contributed by atoms with Crippen molar-refractivity contribution < 1.29 is 18.3 Å². The number of carbonyl (C=O) groups is 1. The summed E-state index contributed by atoms with van der Waals surface area (Å²) in [4.78, 5) is 14.9. The molecule has 0 aliphatic rings. The summed E-state index contributed by atoms with van der Waals surface area (Å²) >= 11 is 3.14. The molecule has 1 heterocycles. The minimum atomic E-state index is -2.64. The molecule has 16 heavy (non-hydrogen) atoms. The highest BCUT2D eigenvalue weighted by Gasteiger charge is 2.14. The first kappa shape index (κ1) is 13.0. The smallest absolute Gasteiger partial charge is 0.311 e. The van der Waals surface area contributed by atoms with Crippen LogP contribution in [0, 0.1) is 0 Å². The second-order valence-corrected chi connectivity index (χ2v) is 3.80. The van der Waals surface area contributed by atoms with E-state index in [1.165, 1.54) is 12.1 Å². The average Bonchev–Trinajstić information content (AvgIpc) is 2.21. The summed E-state index contributed by atoms with van der Waals surface area (Å²) in [6, 6.07) is 2.66. The molecule has 6 heteroatoms. The van der Waals surface area contributed by atoms with Gasteiger partial charge in [0.15, 0.2) is 0 Å². The molecule has 0 atom stereocenters. The zero-order valence-corrected chi connectivity index (χ0v) is 10.1. The summed E-state index contributed by atoms with van der Waals surface area (Å²) in [6.07, 6.45) is -2.76. The zero-order valence-electron chi connectivity index (χ0n) is 8.54. The fourth-order valence-electron chi connectivity index (χ4n) is 1.10. The van der Waals surface area contributed by atoms with Crippen LogP contribution >= 0.6 is 15.9 Å². The molecule has 0 amide bonds. The van der Waals surface area contributed by atoms with Crippen LogP contribution in [0.5, 0.6) is 0 Å². The molecular formula is C10H10BrF2NO2. The second-order valence-electron chi connectivity index (χ2n) is 2.95. The molecule has 0 fully saturated rings. The monoisotopic (exact) mass is 293 g/mol. The third kappa shape index (κ3) is 3.52. The molecule has 3 nitrogen and oxygen atoms in total. The largest absolute Gasteiger partial charge is 0.466 e. The molecule has 0 aliphatic carbocycles. The van der Waals surface area contributed by atoms with Gasteiger partial charge >= 0.3 is 5.97 Å². The molecule has 0 saturated heterocycles. The van der Waals surface area contributed by atoms with Crippen LogP contribution in [-0.2, 0) is 16.0 Å². The molecule has 1 aromatic rings. The van der Waals surface area contributed by atoms with Crippen molar-refractivity contribution in [3.8, 4) is 0 Å². The van der Waals surface area contributed by atoms with Crippen LogP contribution in [-0.4, -0.2) is 17.6 Å². The van der Waals surface area contributed by atoms with Crippen LogP contribution < -0.4 is 0 Å². The lowest BCUT2D eigenvalue weighted by molar-refractivity contribution is -0.142. The van der Waals surface area contributed by atoms with E-state index in [4.69, 9.17) is 4.74 Å². The Morgan fingerprint density at radius 2 is 2.25 bits per heavy atom. The van der Waals surface area contributed by atoms with E-state index in [-0.39, 0.29) is 24.4 Å². The van der Waals surface area contributed by atoms with E-state index in [1.807, 2.05) is 0 Å². The van der Waals surface area contributed by atoms with Crippen LogP contribution in [0.2, 0.25) is 0 Å². The number of esters is 1. The van der Waals surface area contributed by atoms with E-state index in [0.717, 1.165) is 0 Å². The Morgan fingerprint density at radius 3 is 2.81 bits per heavy atom. The summed E-state index contributed by atoms with van der Waals surface area (Å²) < 4.78 is 30.0. The van der Waals surface area contributed by atoms with Gasteiger partial charge in [-0.15, -0.1) is 0 Å². The Labute approximate surface area is 99.9 Å². The lowest BCUT2D eigenvalue weighted by Gasteiger charge is -2.06. The molecule has 1 aromatic heterocycles. The minimum Gasteiger partial charge on any atom is -0.466 e. The Morgan fingerprint density at radius 1 is 1.56 bits per heavy atom. The van der Waals surface area contributed by atoms with Gasteiger partial charge in [0.1, 0.15) is 5.69 Å². The molecule has 1 rings (SSSR count). The first-order valence-corrected chi connectivity index (χ1v) is 5.43. The van der Waals surface area contributed by atoms with Gasteiger partial charge in [-0.3, -0.25) is 9.78 Å². The Kier molecular flexibility index (Phi) is 4.79. The van der Waals surface area contributed by atoms with Crippen molar-refractivity contribution in [2.45, 2.75) is 19.8 Å². The van der Waals surface area contributed by atoms with Crippen molar-refractivity contribution in [2.75, 3.05) is 6.61 Å². The molecule has 88 valence electrons. The fourth-order valence-corrected chi connectivity index (χ4v) is 1.46. The van der Waals surface area contributed by atoms with E-state index in [2.05, 4.69) is 20.9 Å². The molecule has 0 spiro atoms. The van der Waals surface area contributed by atoms with Crippen molar-refractivity contribution >= 4 is 21.9 Å². The molecule has 0 N–H and O–H groups in total. The highest BCUT2D eigenvalue weighted by molar-refractivity contribution is 9.10. The van der Waals surface area contributed by atoms with Gasteiger partial charge in [-0.1, -0.05) is 0 Å². The van der Waals surface area contributed by atoms with E-state index >= 15 is 0 Å². The van der Waals surface area contributed by atoms with E-state index < -0.39 is 12.4 Å². The topological polar surface area (TPSA) is 39.2 Å². The van der Waals surface area contributed by atoms with Crippen molar-refractivity contribution in [3.05, 3.63) is 28.0 Å². The molecule has 0 aromatic carbocycles. The highest BCUT2D eigenvalue weighted by atomic mass is 79.9. The number of pyridine rings is 1. The van der Waals surface area contributed by atoms with E-state index in [9.17, 15) is 13.6 Å². The van der Waals surface area contributed by atoms with Gasteiger partial charge in [-0.05, 0) is 35.0 Å². The van der Waals surface area contributed by atoms with E-state index in [0.29, 0.717) is 4.47 Å². The molecule has 0 bridgehead atoms. The average molecular weight is 294 g/mol. The Bertz CT molecular complexity index is 385. The van der Waals surface area contributed by atoms with Gasteiger partial charge < -0.3 is 4.74 Å². The first-order valence-electron chi connectivity index (χ1n) is 4.63. The molecular weight excluding hydrogens is 284 g/mol. The maximum Gasteiger partial charge on any atom is 0.311 e. The van der Waals surface area contributed by atoms with Crippen molar-refractivity contribution in [1.82, 2.24) is 4.98 Å². The predicted octanol–water partition coefficient (Wildman–Crippen LogP) is 2.89. The van der Waals surface area contributed by atoms with Gasteiger partial charge in [0.25, 0.3) is 6.43 Å². The van der Waals surface area contributed by atoms with Crippen LogP contribution in [0.15, 0.2) is 16.6 Å². The van der Waals surface area contributed by atoms with Gasteiger partial charge in [0.2, 0.25) is 0 Å². The zero-order chi connectivity index (χ0) is 12.1. The number of alkyl halides is 2. The second kappa shape index (κ2) is 5.89. The van der Waals surface area contributed by atoms with Crippen LogP contribution in [0.1, 0.15) is 24.7 Å². The van der Waals surface area contributed by atoms with Gasteiger partial charge in [-0.25, -0.2) is 8.78 Å². The lowest BCUT2D eigenvalue weighted by Crippen LogP contribution is -2.10. The van der Waals surface area contributed by atoms with Gasteiger partial charge in [0.05, 0.1) is 18.7 Å². The number of carbonyl (C=O) groups excluding carboxylic acids is 1. The molecule has 0 unspecified atom stereocenters. The normalized spacial score (nSPS) is 10.6. The lowest BCUT2D eigenvalue weighted by atomic mass is 10.2. The maximum absolute atomic E-state index is 12.4. The number of nitrogens with zero attached hydrogens (tertiary/aromatic N) is 1. The maximum atomic E-state index is 12.4. The number of rotatable bonds is 4. The summed E-state index contributed by atoms with van der Waals surface area (Å²) in [7, 11) is 0. The van der Waals surface area contributed by atoms with Crippen molar-refractivity contribution in [3.63, 3.8) is 0 Å². The first-order chi connectivity index (χ1) is 7.54. The third-order valence-electron chi connectivity index (χ3n) is 1.78. The molecule has 0 radical (unpaired) electrons. The van der Waals surface area contributed by atoms with Gasteiger partial charge in [0, 0.05) is 4.47 Å². The highest BCUT2D eigenvalue weighted by Crippen LogP contribution is 2.22. The number of hydrogen-bond acceptors (Lipinski definition) is 3. The summed E-state index contributed by atoms with van der Waals surface area (Å²) in [5.74, 6) is -0.484. The van der Waals surface area contributed by atoms with Crippen LogP contribution in [0.3, 0.4) is 0 Å². The predicted molar refractivity (Wildman–Crippen MR) is 57.2 cm³/mol. The molecule has 0 aliphatic heterocycles. The number of ether oxygens (including phenoxy) is 1. The third-order valence-corrected chi connectivity index (χ3v) is 2.50. The molecule has 0 saturated carbocycles. The van der Waals surface area contributed by atoms with E-state index in [1.54, 1.807) is 6.92 Å². The quantitative estimate of drug-likeness (QED) is 0.802. The van der Waals surface area contributed by atoms with Gasteiger partial charge in [-0.2, -0.15) is 0 Å².